The maximum absolute atomic E-state index is 12.2. The van der Waals surface area contributed by atoms with E-state index in [9.17, 15) is 4.79 Å². The van der Waals surface area contributed by atoms with Crippen molar-refractivity contribution in [2.24, 2.45) is 7.05 Å². The third kappa shape index (κ3) is 5.14. The number of benzene rings is 2. The first kappa shape index (κ1) is 20.4. The van der Waals surface area contributed by atoms with Crippen LogP contribution in [-0.4, -0.2) is 26.4 Å². The van der Waals surface area contributed by atoms with Crippen molar-refractivity contribution in [3.8, 4) is 5.75 Å². The van der Waals surface area contributed by atoms with Gasteiger partial charge in [0.15, 0.2) is 11.0 Å². The zero-order valence-corrected chi connectivity index (χ0v) is 18.3. The van der Waals surface area contributed by atoms with Crippen LogP contribution in [0.3, 0.4) is 0 Å². The Hall–Kier alpha value is -2.32. The molecule has 0 aliphatic rings. The highest BCUT2D eigenvalue weighted by Crippen LogP contribution is 2.22. The molecule has 0 bridgehead atoms. The van der Waals surface area contributed by atoms with Crippen LogP contribution in [0.1, 0.15) is 17.0 Å². The molecule has 0 unspecified atom stereocenters. The van der Waals surface area contributed by atoms with Gasteiger partial charge in [0.1, 0.15) is 12.4 Å². The lowest BCUT2D eigenvalue weighted by molar-refractivity contribution is -0.113. The van der Waals surface area contributed by atoms with Gasteiger partial charge < -0.3 is 14.6 Å². The second-order valence-electron chi connectivity index (χ2n) is 6.31. The molecule has 0 atom stereocenters. The summed E-state index contributed by atoms with van der Waals surface area (Å²) in [5, 5.41) is 11.9. The van der Waals surface area contributed by atoms with Gasteiger partial charge >= 0.3 is 0 Å². The molecule has 0 aliphatic heterocycles. The number of nitrogens with zero attached hydrogens (tertiary/aromatic N) is 3. The van der Waals surface area contributed by atoms with Crippen LogP contribution < -0.4 is 10.1 Å². The highest BCUT2D eigenvalue weighted by Gasteiger charge is 2.13. The van der Waals surface area contributed by atoms with Gasteiger partial charge in [-0.3, -0.25) is 4.79 Å². The molecule has 1 aromatic heterocycles. The van der Waals surface area contributed by atoms with E-state index in [4.69, 9.17) is 4.74 Å². The number of rotatable bonds is 7. The van der Waals surface area contributed by atoms with Gasteiger partial charge in [0.25, 0.3) is 0 Å². The fraction of sp³-hybridized carbons (Fsp3) is 0.250. The summed E-state index contributed by atoms with van der Waals surface area (Å²) in [7, 11) is 1.87. The van der Waals surface area contributed by atoms with Crippen molar-refractivity contribution < 1.29 is 9.53 Å². The number of hydrogen-bond acceptors (Lipinski definition) is 5. The zero-order valence-electron chi connectivity index (χ0n) is 15.9. The van der Waals surface area contributed by atoms with Crippen molar-refractivity contribution in [2.75, 3.05) is 11.1 Å². The molecule has 0 saturated carbocycles. The third-order valence-corrected chi connectivity index (χ3v) is 6.06. The number of anilines is 1. The van der Waals surface area contributed by atoms with Gasteiger partial charge in [-0.05, 0) is 49.2 Å². The molecular formula is C20H21BrN4O2S. The number of amides is 1. The minimum Gasteiger partial charge on any atom is -0.485 e. The molecule has 6 nitrogen and oxygen atoms in total. The van der Waals surface area contributed by atoms with Crippen LogP contribution in [-0.2, 0) is 18.4 Å². The number of carbonyl (C=O) groups is 1. The van der Waals surface area contributed by atoms with Crippen molar-refractivity contribution in [1.29, 1.82) is 0 Å². The molecule has 0 aliphatic carbocycles. The number of thioether (sulfide) groups is 1. The molecule has 28 heavy (non-hydrogen) atoms. The van der Waals surface area contributed by atoms with Crippen LogP contribution in [0.15, 0.2) is 52.1 Å². The van der Waals surface area contributed by atoms with Crippen LogP contribution in [0.2, 0.25) is 0 Å². The first-order chi connectivity index (χ1) is 13.4. The topological polar surface area (TPSA) is 69.0 Å². The van der Waals surface area contributed by atoms with E-state index in [2.05, 4.69) is 31.4 Å². The SMILES string of the molecule is Cc1cc(NC(=O)CSc2nnc(COc3ccccc3C)n2C)ccc1Br. The Bertz CT molecular complexity index is 990. The smallest absolute Gasteiger partial charge is 0.234 e. The van der Waals surface area contributed by atoms with Crippen LogP contribution in [0, 0.1) is 13.8 Å². The number of aromatic nitrogens is 3. The second kappa shape index (κ2) is 9.25. The molecule has 8 heteroatoms. The van der Waals surface area contributed by atoms with E-state index in [-0.39, 0.29) is 11.7 Å². The van der Waals surface area contributed by atoms with Crippen molar-refractivity contribution in [1.82, 2.24) is 14.8 Å². The molecule has 3 aromatic rings. The molecule has 1 heterocycles. The van der Waals surface area contributed by atoms with Gasteiger partial charge in [0.05, 0.1) is 5.75 Å². The van der Waals surface area contributed by atoms with Crippen LogP contribution in [0.25, 0.3) is 0 Å². The molecule has 0 radical (unpaired) electrons. The number of carbonyl (C=O) groups excluding carboxylic acids is 1. The Kier molecular flexibility index (Phi) is 6.74. The van der Waals surface area contributed by atoms with Gasteiger partial charge in [-0.2, -0.15) is 0 Å². The summed E-state index contributed by atoms with van der Waals surface area (Å²) in [4.78, 5) is 12.2. The van der Waals surface area contributed by atoms with Gasteiger partial charge in [0, 0.05) is 17.2 Å². The van der Waals surface area contributed by atoms with E-state index >= 15 is 0 Å². The van der Waals surface area contributed by atoms with Crippen LogP contribution in [0.4, 0.5) is 5.69 Å². The third-order valence-electron chi connectivity index (χ3n) is 4.15. The van der Waals surface area contributed by atoms with Crippen LogP contribution in [0.5, 0.6) is 5.75 Å². The van der Waals surface area contributed by atoms with E-state index in [0.717, 1.165) is 27.0 Å². The Morgan fingerprint density at radius 3 is 2.71 bits per heavy atom. The molecule has 2 aromatic carbocycles. The molecular weight excluding hydrogens is 440 g/mol. The standard InChI is InChI=1S/C20H21BrN4O2S/c1-13-6-4-5-7-17(13)27-11-18-23-24-20(25(18)3)28-12-19(26)22-15-8-9-16(21)14(2)10-15/h4-10H,11-12H2,1-3H3,(H,22,26). The fourth-order valence-electron chi connectivity index (χ4n) is 2.51. The predicted molar refractivity (Wildman–Crippen MR) is 115 cm³/mol. The highest BCUT2D eigenvalue weighted by atomic mass is 79.9. The van der Waals surface area contributed by atoms with E-state index in [1.807, 2.05) is 67.9 Å². The average Bonchev–Trinajstić information content (AvgIpc) is 3.02. The van der Waals surface area contributed by atoms with Crippen molar-refractivity contribution >= 4 is 39.3 Å². The number of nitrogens with one attached hydrogen (secondary N) is 1. The Balaban J connectivity index is 1.54. The highest BCUT2D eigenvalue weighted by molar-refractivity contribution is 9.10. The van der Waals surface area contributed by atoms with Crippen molar-refractivity contribution in [2.45, 2.75) is 25.6 Å². The van der Waals surface area contributed by atoms with Gasteiger partial charge in [-0.25, -0.2) is 0 Å². The van der Waals surface area contributed by atoms with Crippen molar-refractivity contribution in [3.05, 3.63) is 63.9 Å². The molecule has 3 rings (SSSR count). The largest absolute Gasteiger partial charge is 0.485 e. The fourth-order valence-corrected chi connectivity index (χ4v) is 3.48. The average molecular weight is 461 g/mol. The normalized spacial score (nSPS) is 10.7. The first-order valence-corrected chi connectivity index (χ1v) is 10.5. The summed E-state index contributed by atoms with van der Waals surface area (Å²) in [5.41, 5.74) is 2.91. The molecule has 0 spiro atoms. The lowest BCUT2D eigenvalue weighted by Gasteiger charge is -2.09. The van der Waals surface area contributed by atoms with Gasteiger partial charge in [-0.1, -0.05) is 45.9 Å². The summed E-state index contributed by atoms with van der Waals surface area (Å²) in [5.74, 6) is 1.69. The number of hydrogen-bond donors (Lipinski definition) is 1. The van der Waals surface area contributed by atoms with Crippen LogP contribution >= 0.6 is 27.7 Å². The number of para-hydroxylation sites is 1. The molecule has 0 fully saturated rings. The van der Waals surface area contributed by atoms with E-state index in [1.54, 1.807) is 0 Å². The maximum Gasteiger partial charge on any atom is 0.234 e. The number of halogens is 1. The summed E-state index contributed by atoms with van der Waals surface area (Å²) >= 11 is 4.79. The lowest BCUT2D eigenvalue weighted by Crippen LogP contribution is -2.14. The molecule has 146 valence electrons. The molecule has 1 amide bonds. The predicted octanol–water partition coefficient (Wildman–Crippen LogP) is 4.50. The lowest BCUT2D eigenvalue weighted by atomic mass is 10.2. The zero-order chi connectivity index (χ0) is 20.1. The summed E-state index contributed by atoms with van der Waals surface area (Å²) in [6.45, 7) is 4.30. The second-order valence-corrected chi connectivity index (χ2v) is 8.11. The van der Waals surface area contributed by atoms with Crippen molar-refractivity contribution in [3.63, 3.8) is 0 Å². The van der Waals surface area contributed by atoms with E-state index in [1.165, 1.54) is 11.8 Å². The summed E-state index contributed by atoms with van der Waals surface area (Å²) in [6, 6.07) is 13.5. The van der Waals surface area contributed by atoms with Gasteiger partial charge in [0.2, 0.25) is 5.91 Å². The Morgan fingerprint density at radius 2 is 1.96 bits per heavy atom. The summed E-state index contributed by atoms with van der Waals surface area (Å²) in [6.07, 6.45) is 0. The monoisotopic (exact) mass is 460 g/mol. The number of aryl methyl sites for hydroxylation is 2. The minimum absolute atomic E-state index is 0.0903. The van der Waals surface area contributed by atoms with E-state index in [0.29, 0.717) is 17.6 Å². The molecule has 0 saturated heterocycles. The Labute approximate surface area is 176 Å². The first-order valence-electron chi connectivity index (χ1n) is 8.69. The maximum atomic E-state index is 12.2. The summed E-state index contributed by atoms with van der Waals surface area (Å²) < 4.78 is 8.69. The van der Waals surface area contributed by atoms with Gasteiger partial charge in [-0.15, -0.1) is 10.2 Å². The minimum atomic E-state index is -0.0903. The quantitative estimate of drug-likeness (QED) is 0.525. The molecule has 1 N–H and O–H groups in total. The Morgan fingerprint density at radius 1 is 1.18 bits per heavy atom. The van der Waals surface area contributed by atoms with E-state index < -0.39 is 0 Å². The number of ether oxygens (including phenoxy) is 1.